The molecule has 6 nitrogen and oxygen atoms in total. The van der Waals surface area contributed by atoms with E-state index in [9.17, 15) is 0 Å². The number of thiophene rings is 1. The van der Waals surface area contributed by atoms with Crippen molar-refractivity contribution in [3.63, 3.8) is 0 Å². The van der Waals surface area contributed by atoms with Crippen molar-refractivity contribution < 1.29 is 8.94 Å². The van der Waals surface area contributed by atoms with E-state index in [2.05, 4.69) is 20.3 Å². The summed E-state index contributed by atoms with van der Waals surface area (Å²) in [6.07, 6.45) is 0. The maximum atomic E-state index is 5.87. The number of hydrogen-bond acceptors (Lipinski definition) is 8. The van der Waals surface area contributed by atoms with Crippen LogP contribution >= 0.6 is 34.7 Å². The Labute approximate surface area is 149 Å². The quantitative estimate of drug-likeness (QED) is 0.463. The normalized spacial score (nSPS) is 11.0. The molecular weight excluding hydrogens is 368 g/mol. The summed E-state index contributed by atoms with van der Waals surface area (Å²) < 4.78 is 10.9. The number of thioether (sulfide) groups is 1. The first kappa shape index (κ1) is 15.4. The molecule has 0 amide bonds. The van der Waals surface area contributed by atoms with E-state index in [-0.39, 0.29) is 0 Å². The van der Waals surface area contributed by atoms with Crippen LogP contribution < -0.4 is 0 Å². The summed E-state index contributed by atoms with van der Waals surface area (Å²) in [5.74, 6) is 1.99. The van der Waals surface area contributed by atoms with Gasteiger partial charge in [-0.2, -0.15) is 16.3 Å². The Balaban J connectivity index is 1.42. The lowest BCUT2D eigenvalue weighted by atomic mass is 10.2. The first-order chi connectivity index (χ1) is 11.8. The van der Waals surface area contributed by atoms with E-state index in [0.717, 1.165) is 11.1 Å². The van der Waals surface area contributed by atoms with Gasteiger partial charge in [0.1, 0.15) is 0 Å². The molecule has 0 aliphatic heterocycles. The number of benzene rings is 1. The van der Waals surface area contributed by atoms with Gasteiger partial charge in [-0.15, -0.1) is 10.2 Å². The van der Waals surface area contributed by atoms with Crippen LogP contribution in [-0.2, 0) is 5.75 Å². The lowest BCUT2D eigenvalue weighted by molar-refractivity contribution is 0.391. The van der Waals surface area contributed by atoms with E-state index < -0.39 is 0 Å². The fourth-order valence-electron chi connectivity index (χ4n) is 1.92. The first-order valence-electron chi connectivity index (χ1n) is 6.85. The number of aromatic nitrogens is 4. The molecule has 0 fully saturated rings. The Morgan fingerprint density at radius 1 is 1.08 bits per heavy atom. The van der Waals surface area contributed by atoms with Crippen LogP contribution in [0.1, 0.15) is 5.89 Å². The number of hydrogen-bond donors (Lipinski definition) is 0. The van der Waals surface area contributed by atoms with Crippen molar-refractivity contribution in [1.29, 1.82) is 0 Å². The summed E-state index contributed by atoms with van der Waals surface area (Å²) >= 11 is 8.80. The third-order valence-electron chi connectivity index (χ3n) is 3.06. The number of rotatable bonds is 5. The molecule has 0 N–H and O–H groups in total. The van der Waals surface area contributed by atoms with Crippen molar-refractivity contribution in [2.45, 2.75) is 11.0 Å². The highest BCUT2D eigenvalue weighted by Crippen LogP contribution is 2.27. The standard InChI is InChI=1S/C15H9ClN4O2S2/c16-11-3-1-9(2-4-11)14-18-19-15(21-14)24-8-12-17-13(20-22-12)10-5-6-23-7-10/h1-7H,8H2. The molecule has 0 spiro atoms. The largest absolute Gasteiger partial charge is 0.411 e. The Hall–Kier alpha value is -2.16. The van der Waals surface area contributed by atoms with Gasteiger partial charge in [0.2, 0.25) is 17.6 Å². The molecule has 0 saturated heterocycles. The zero-order valence-electron chi connectivity index (χ0n) is 12.0. The van der Waals surface area contributed by atoms with Crippen LogP contribution in [0.3, 0.4) is 0 Å². The van der Waals surface area contributed by atoms with Gasteiger partial charge in [0.15, 0.2) is 0 Å². The molecule has 3 heterocycles. The molecule has 3 aromatic heterocycles. The summed E-state index contributed by atoms with van der Waals surface area (Å²) in [5, 5.41) is 17.0. The van der Waals surface area contributed by atoms with Crippen molar-refractivity contribution in [2.24, 2.45) is 0 Å². The fourth-order valence-corrected chi connectivity index (χ4v) is 3.28. The summed E-state index contributed by atoms with van der Waals surface area (Å²) in [4.78, 5) is 4.35. The van der Waals surface area contributed by atoms with Crippen LogP contribution in [0, 0.1) is 0 Å². The zero-order chi connectivity index (χ0) is 16.4. The van der Waals surface area contributed by atoms with E-state index in [1.807, 2.05) is 29.0 Å². The van der Waals surface area contributed by atoms with Gasteiger partial charge in [-0.05, 0) is 35.7 Å². The van der Waals surface area contributed by atoms with Gasteiger partial charge < -0.3 is 8.94 Å². The Morgan fingerprint density at radius 2 is 1.96 bits per heavy atom. The van der Waals surface area contributed by atoms with Crippen molar-refractivity contribution >= 4 is 34.7 Å². The van der Waals surface area contributed by atoms with Crippen molar-refractivity contribution in [3.8, 4) is 22.8 Å². The molecule has 24 heavy (non-hydrogen) atoms. The second-order valence-electron chi connectivity index (χ2n) is 4.69. The van der Waals surface area contributed by atoms with E-state index in [1.54, 1.807) is 23.5 Å². The van der Waals surface area contributed by atoms with Gasteiger partial charge in [0.25, 0.3) is 5.22 Å². The minimum absolute atomic E-state index is 0.440. The molecule has 0 aliphatic carbocycles. The van der Waals surface area contributed by atoms with Gasteiger partial charge in [-0.1, -0.05) is 28.5 Å². The minimum atomic E-state index is 0.440. The molecule has 0 atom stereocenters. The van der Waals surface area contributed by atoms with Gasteiger partial charge in [-0.3, -0.25) is 0 Å². The summed E-state index contributed by atoms with van der Waals surface area (Å²) in [6, 6.07) is 9.16. The molecule has 0 bridgehead atoms. The van der Waals surface area contributed by atoms with Gasteiger partial charge in [-0.25, -0.2) is 0 Å². The summed E-state index contributed by atoms with van der Waals surface area (Å²) in [5.41, 5.74) is 1.76. The zero-order valence-corrected chi connectivity index (χ0v) is 14.4. The molecule has 0 saturated carbocycles. The Kier molecular flexibility index (Phi) is 4.33. The highest BCUT2D eigenvalue weighted by atomic mass is 35.5. The molecule has 4 rings (SSSR count). The topological polar surface area (TPSA) is 77.8 Å². The lowest BCUT2D eigenvalue weighted by Gasteiger charge is -1.94. The second kappa shape index (κ2) is 6.76. The third kappa shape index (κ3) is 3.35. The predicted octanol–water partition coefficient (Wildman–Crippen LogP) is 4.79. The Bertz CT molecular complexity index is 935. The molecule has 0 radical (unpaired) electrons. The van der Waals surface area contributed by atoms with E-state index in [4.69, 9.17) is 20.5 Å². The van der Waals surface area contributed by atoms with Crippen molar-refractivity contribution in [3.05, 3.63) is 52.0 Å². The third-order valence-corrected chi connectivity index (χ3v) is 4.80. The second-order valence-corrected chi connectivity index (χ2v) is 6.84. The SMILES string of the molecule is Clc1ccc(-c2nnc(SCc3nc(-c4ccsc4)no3)o2)cc1. The molecule has 9 heteroatoms. The molecule has 1 aromatic carbocycles. The van der Waals surface area contributed by atoms with Crippen molar-refractivity contribution in [2.75, 3.05) is 0 Å². The van der Waals surface area contributed by atoms with Crippen LogP contribution in [0.5, 0.6) is 0 Å². The average molecular weight is 377 g/mol. The maximum absolute atomic E-state index is 5.87. The number of halogens is 1. The predicted molar refractivity (Wildman–Crippen MR) is 91.9 cm³/mol. The average Bonchev–Trinajstić information content (AvgIpc) is 3.34. The summed E-state index contributed by atoms with van der Waals surface area (Å²) in [7, 11) is 0. The monoisotopic (exact) mass is 376 g/mol. The van der Waals surface area contributed by atoms with Gasteiger partial charge in [0, 0.05) is 21.5 Å². The van der Waals surface area contributed by atoms with Crippen LogP contribution in [-0.4, -0.2) is 20.3 Å². The van der Waals surface area contributed by atoms with Crippen LogP contribution in [0.2, 0.25) is 5.02 Å². The smallest absolute Gasteiger partial charge is 0.277 e. The highest BCUT2D eigenvalue weighted by Gasteiger charge is 2.13. The van der Waals surface area contributed by atoms with Crippen LogP contribution in [0.4, 0.5) is 0 Å². The van der Waals surface area contributed by atoms with E-state index >= 15 is 0 Å². The van der Waals surface area contributed by atoms with E-state index in [0.29, 0.717) is 33.6 Å². The van der Waals surface area contributed by atoms with Crippen LogP contribution in [0.15, 0.2) is 55.3 Å². The highest BCUT2D eigenvalue weighted by molar-refractivity contribution is 7.98. The molecular formula is C15H9ClN4O2S2. The first-order valence-corrected chi connectivity index (χ1v) is 9.16. The fraction of sp³-hybridized carbons (Fsp3) is 0.0667. The van der Waals surface area contributed by atoms with Crippen molar-refractivity contribution in [1.82, 2.24) is 20.3 Å². The molecule has 4 aromatic rings. The molecule has 0 aliphatic rings. The number of nitrogens with zero attached hydrogens (tertiary/aromatic N) is 4. The van der Waals surface area contributed by atoms with E-state index in [1.165, 1.54) is 11.8 Å². The van der Waals surface area contributed by atoms with Gasteiger partial charge in [0.05, 0.1) is 5.75 Å². The molecule has 120 valence electrons. The molecule has 0 unspecified atom stereocenters. The minimum Gasteiger partial charge on any atom is -0.411 e. The maximum Gasteiger partial charge on any atom is 0.277 e. The lowest BCUT2D eigenvalue weighted by Crippen LogP contribution is -1.81. The van der Waals surface area contributed by atoms with Crippen LogP contribution in [0.25, 0.3) is 22.8 Å². The summed E-state index contributed by atoms with van der Waals surface area (Å²) in [6.45, 7) is 0. The Morgan fingerprint density at radius 3 is 2.75 bits per heavy atom. The van der Waals surface area contributed by atoms with Gasteiger partial charge >= 0.3 is 0 Å².